The minimum absolute atomic E-state index is 0.142. The van der Waals surface area contributed by atoms with Gasteiger partial charge in [0.15, 0.2) is 0 Å². The van der Waals surface area contributed by atoms with E-state index in [0.717, 1.165) is 11.8 Å². The van der Waals surface area contributed by atoms with Crippen molar-refractivity contribution in [1.29, 1.82) is 0 Å². The fourth-order valence-electron chi connectivity index (χ4n) is 1.48. The van der Waals surface area contributed by atoms with E-state index in [4.69, 9.17) is 19.0 Å². The van der Waals surface area contributed by atoms with E-state index in [-0.39, 0.29) is 16.9 Å². The number of carbonyl (C=O) groups is 1. The molecule has 1 heterocycles. The molecule has 2 aromatic rings. The summed E-state index contributed by atoms with van der Waals surface area (Å²) in [6.45, 7) is 0. The molecule has 20 heavy (non-hydrogen) atoms. The van der Waals surface area contributed by atoms with E-state index in [1.54, 1.807) is 25.3 Å². The van der Waals surface area contributed by atoms with Crippen molar-refractivity contribution >= 4 is 17.7 Å². The molecule has 2 rings (SSSR count). The van der Waals surface area contributed by atoms with Crippen LogP contribution in [0.1, 0.15) is 0 Å². The number of aliphatic carboxylic acids is 1. The molecule has 1 aromatic heterocycles. The smallest absolute Gasteiger partial charge is 0.314 e. The summed E-state index contributed by atoms with van der Waals surface area (Å²) in [5.41, 5.74) is 0.585. The maximum Gasteiger partial charge on any atom is 0.314 e. The molecule has 0 fully saturated rings. The Kier molecular flexibility index (Phi) is 4.46. The molecule has 106 valence electrons. The molecule has 8 heteroatoms. The van der Waals surface area contributed by atoms with Crippen molar-refractivity contribution in [3.05, 3.63) is 18.2 Å². The molecule has 0 unspecified atom stereocenters. The molecule has 7 nitrogen and oxygen atoms in total. The summed E-state index contributed by atoms with van der Waals surface area (Å²) in [6.07, 6.45) is 0. The molecule has 1 aromatic carbocycles. The van der Waals surface area contributed by atoms with Crippen LogP contribution in [-0.2, 0) is 4.79 Å². The van der Waals surface area contributed by atoms with Gasteiger partial charge in [0.25, 0.3) is 11.1 Å². The number of rotatable bonds is 6. The number of benzene rings is 1. The summed E-state index contributed by atoms with van der Waals surface area (Å²) in [4.78, 5) is 10.5. The van der Waals surface area contributed by atoms with Gasteiger partial charge in [0.2, 0.25) is 0 Å². The predicted octanol–water partition coefficient (Wildman–Crippen LogP) is 1.93. The maximum absolute atomic E-state index is 10.5. The molecular weight excluding hydrogens is 284 g/mol. The molecule has 0 radical (unpaired) electrons. The van der Waals surface area contributed by atoms with Crippen molar-refractivity contribution in [3.63, 3.8) is 0 Å². The number of nitrogens with zero attached hydrogens (tertiary/aromatic N) is 2. The molecule has 0 spiro atoms. The fourth-order valence-corrected chi connectivity index (χ4v) is 1.96. The van der Waals surface area contributed by atoms with Crippen LogP contribution in [0.4, 0.5) is 0 Å². The molecule has 0 bridgehead atoms. The molecule has 0 aliphatic heterocycles. The van der Waals surface area contributed by atoms with Crippen molar-refractivity contribution in [1.82, 2.24) is 10.2 Å². The highest BCUT2D eigenvalue weighted by molar-refractivity contribution is 7.99. The number of carboxylic acid groups (broad SMARTS) is 1. The first-order chi connectivity index (χ1) is 9.63. The van der Waals surface area contributed by atoms with Gasteiger partial charge in [-0.1, -0.05) is 11.8 Å². The molecule has 0 amide bonds. The highest BCUT2D eigenvalue weighted by Crippen LogP contribution is 2.33. The number of aromatic nitrogens is 2. The second-order valence-corrected chi connectivity index (χ2v) is 4.55. The quantitative estimate of drug-likeness (QED) is 0.808. The monoisotopic (exact) mass is 296 g/mol. The maximum atomic E-state index is 10.5. The van der Waals surface area contributed by atoms with Gasteiger partial charge < -0.3 is 19.0 Å². The first-order valence-electron chi connectivity index (χ1n) is 5.54. The molecule has 0 atom stereocenters. The van der Waals surface area contributed by atoms with Gasteiger partial charge in [0.05, 0.1) is 19.8 Å². The van der Waals surface area contributed by atoms with E-state index in [9.17, 15) is 4.79 Å². The van der Waals surface area contributed by atoms with Crippen LogP contribution in [0.5, 0.6) is 11.5 Å². The van der Waals surface area contributed by atoms with E-state index in [2.05, 4.69) is 10.2 Å². The van der Waals surface area contributed by atoms with Crippen molar-refractivity contribution in [2.24, 2.45) is 0 Å². The first-order valence-corrected chi connectivity index (χ1v) is 6.53. The van der Waals surface area contributed by atoms with Gasteiger partial charge in [-0.25, -0.2) is 0 Å². The van der Waals surface area contributed by atoms with E-state index in [1.165, 1.54) is 7.11 Å². The Morgan fingerprint density at radius 1 is 1.35 bits per heavy atom. The Balaban J connectivity index is 2.28. The van der Waals surface area contributed by atoms with Gasteiger partial charge in [-0.3, -0.25) is 4.79 Å². The Bertz CT molecular complexity index is 614. The normalized spacial score (nSPS) is 10.3. The zero-order valence-corrected chi connectivity index (χ0v) is 11.6. The average molecular weight is 296 g/mol. The van der Waals surface area contributed by atoms with Gasteiger partial charge in [0.1, 0.15) is 17.3 Å². The van der Waals surface area contributed by atoms with E-state index >= 15 is 0 Å². The first kappa shape index (κ1) is 14.2. The highest BCUT2D eigenvalue weighted by Gasteiger charge is 2.15. The lowest BCUT2D eigenvalue weighted by Gasteiger charge is -2.06. The topological polar surface area (TPSA) is 94.7 Å². The summed E-state index contributed by atoms with van der Waals surface area (Å²) in [7, 11) is 3.08. The summed E-state index contributed by atoms with van der Waals surface area (Å²) >= 11 is 0.956. The fraction of sp³-hybridized carbons (Fsp3) is 0.250. The zero-order chi connectivity index (χ0) is 14.5. The summed E-state index contributed by atoms with van der Waals surface area (Å²) in [6, 6.07) is 5.18. The van der Waals surface area contributed by atoms with Gasteiger partial charge in [-0.15, -0.1) is 10.2 Å². The van der Waals surface area contributed by atoms with E-state index < -0.39 is 5.97 Å². The molecule has 0 aliphatic carbocycles. The third-order valence-corrected chi connectivity index (χ3v) is 3.17. The van der Waals surface area contributed by atoms with Crippen LogP contribution in [0.25, 0.3) is 11.5 Å². The minimum atomic E-state index is -0.950. The summed E-state index contributed by atoms with van der Waals surface area (Å²) < 4.78 is 15.8. The van der Waals surface area contributed by atoms with Gasteiger partial charge in [-0.2, -0.15) is 0 Å². The standard InChI is InChI=1S/C12H12N2O5S/c1-17-7-3-4-9(18-2)8(5-7)11-13-14-12(19-11)20-6-10(15)16/h3-5H,6H2,1-2H3,(H,15,16). The number of hydrogen-bond acceptors (Lipinski definition) is 7. The molecule has 0 saturated heterocycles. The van der Waals surface area contributed by atoms with Crippen molar-refractivity contribution < 1.29 is 23.8 Å². The Labute approximate surface area is 118 Å². The third-order valence-electron chi connectivity index (χ3n) is 2.36. The second kappa shape index (κ2) is 6.29. The van der Waals surface area contributed by atoms with Gasteiger partial charge in [-0.05, 0) is 18.2 Å². The van der Waals surface area contributed by atoms with Crippen LogP contribution in [0.3, 0.4) is 0 Å². The minimum Gasteiger partial charge on any atom is -0.497 e. The van der Waals surface area contributed by atoms with Crippen LogP contribution >= 0.6 is 11.8 Å². The number of carboxylic acids is 1. The van der Waals surface area contributed by atoms with Crippen molar-refractivity contribution in [3.8, 4) is 23.0 Å². The SMILES string of the molecule is COc1ccc(OC)c(-c2nnc(SCC(=O)O)o2)c1. The number of hydrogen-bond donors (Lipinski definition) is 1. The number of methoxy groups -OCH3 is 2. The lowest BCUT2D eigenvalue weighted by Crippen LogP contribution is -1.97. The number of ether oxygens (including phenoxy) is 2. The summed E-state index contributed by atoms with van der Waals surface area (Å²) in [5.74, 6) is 0.335. The van der Waals surface area contributed by atoms with Crippen LogP contribution in [0, 0.1) is 0 Å². The largest absolute Gasteiger partial charge is 0.497 e. The Hall–Kier alpha value is -2.22. The summed E-state index contributed by atoms with van der Waals surface area (Å²) in [5, 5.41) is 16.5. The van der Waals surface area contributed by atoms with Crippen LogP contribution in [-0.4, -0.2) is 41.2 Å². The van der Waals surface area contributed by atoms with E-state index in [0.29, 0.717) is 17.1 Å². The van der Waals surface area contributed by atoms with Crippen molar-refractivity contribution in [2.45, 2.75) is 5.22 Å². The van der Waals surface area contributed by atoms with Crippen LogP contribution < -0.4 is 9.47 Å². The molecule has 1 N–H and O–H groups in total. The van der Waals surface area contributed by atoms with Crippen molar-refractivity contribution in [2.75, 3.05) is 20.0 Å². The van der Waals surface area contributed by atoms with Gasteiger partial charge in [0, 0.05) is 0 Å². The van der Waals surface area contributed by atoms with Crippen LogP contribution in [0.15, 0.2) is 27.8 Å². The average Bonchev–Trinajstić information content (AvgIpc) is 2.93. The Morgan fingerprint density at radius 2 is 2.15 bits per heavy atom. The second-order valence-electron chi connectivity index (χ2n) is 3.62. The zero-order valence-electron chi connectivity index (χ0n) is 10.8. The Morgan fingerprint density at radius 3 is 2.80 bits per heavy atom. The molecule has 0 aliphatic rings. The van der Waals surface area contributed by atoms with E-state index in [1.807, 2.05) is 0 Å². The predicted molar refractivity (Wildman–Crippen MR) is 71.2 cm³/mol. The number of thioether (sulfide) groups is 1. The molecular formula is C12H12N2O5S. The third kappa shape index (κ3) is 3.21. The van der Waals surface area contributed by atoms with Crippen LogP contribution in [0.2, 0.25) is 0 Å². The van der Waals surface area contributed by atoms with Gasteiger partial charge >= 0.3 is 5.97 Å². The highest BCUT2D eigenvalue weighted by atomic mass is 32.2. The molecule has 0 saturated carbocycles. The lowest BCUT2D eigenvalue weighted by atomic mass is 10.2. The lowest BCUT2D eigenvalue weighted by molar-refractivity contribution is -0.133.